The highest BCUT2D eigenvalue weighted by Gasteiger charge is 2.25. The van der Waals surface area contributed by atoms with E-state index < -0.39 is 11.6 Å². The van der Waals surface area contributed by atoms with Gasteiger partial charge >= 0.3 is 0 Å². The normalized spacial score (nSPS) is 18.6. The van der Waals surface area contributed by atoms with Gasteiger partial charge in [-0.3, -0.25) is 0 Å². The second-order valence-corrected chi connectivity index (χ2v) is 8.58. The Balaban J connectivity index is 1.75. The number of nitrogens with zero attached hydrogens (tertiary/aromatic N) is 3. The molecule has 1 saturated heterocycles. The lowest BCUT2D eigenvalue weighted by Crippen LogP contribution is -2.42. The molecule has 2 heterocycles. The van der Waals surface area contributed by atoms with Crippen LogP contribution < -0.4 is 16.8 Å². The van der Waals surface area contributed by atoms with Crippen molar-refractivity contribution in [2.75, 3.05) is 18.8 Å². The average molecular weight is 465 g/mol. The van der Waals surface area contributed by atoms with Gasteiger partial charge in [0.15, 0.2) is 5.82 Å². The zero-order chi connectivity index (χ0) is 24.2. The fraction of sp³-hybridized carbons (Fsp3) is 0.308. The number of benzene rings is 1. The number of piperidine rings is 1. The molecular formula is C26H30F2N6. The van der Waals surface area contributed by atoms with Crippen LogP contribution in [0.5, 0.6) is 0 Å². The van der Waals surface area contributed by atoms with Crippen molar-refractivity contribution >= 4 is 11.4 Å². The molecule has 1 atom stereocenters. The van der Waals surface area contributed by atoms with Crippen molar-refractivity contribution in [3.8, 4) is 11.4 Å². The molecule has 5 N–H and O–H groups in total. The minimum Gasteiger partial charge on any atom is -0.396 e. The average Bonchev–Trinajstić information content (AvgIpc) is 3.65. The summed E-state index contributed by atoms with van der Waals surface area (Å²) in [5.41, 5.74) is 17.2. The Bertz CT molecular complexity index is 1180. The molecule has 4 rings (SSSR count). The number of likely N-dealkylation sites (tertiary alicyclic amines) is 1. The number of nitrogens with two attached hydrogens (primary N) is 2. The van der Waals surface area contributed by atoms with Gasteiger partial charge in [-0.2, -0.15) is 0 Å². The summed E-state index contributed by atoms with van der Waals surface area (Å²) in [7, 11) is 0. The molecule has 0 bridgehead atoms. The third-order valence-corrected chi connectivity index (χ3v) is 5.94. The van der Waals surface area contributed by atoms with Gasteiger partial charge in [-0.15, -0.1) is 0 Å². The van der Waals surface area contributed by atoms with E-state index in [1.807, 2.05) is 19.1 Å². The molecule has 1 aromatic heterocycles. The van der Waals surface area contributed by atoms with Crippen LogP contribution in [-0.4, -0.2) is 34.0 Å². The summed E-state index contributed by atoms with van der Waals surface area (Å²) in [6, 6.07) is 3.45. The smallest absolute Gasteiger partial charge is 0.162 e. The van der Waals surface area contributed by atoms with Crippen molar-refractivity contribution in [1.29, 1.82) is 0 Å². The molecule has 178 valence electrons. The second kappa shape index (κ2) is 10.2. The van der Waals surface area contributed by atoms with Crippen LogP contribution in [0.4, 0.5) is 14.5 Å². The number of anilines is 1. The summed E-state index contributed by atoms with van der Waals surface area (Å²) in [6.07, 6.45) is 11.1. The maximum Gasteiger partial charge on any atom is 0.162 e. The van der Waals surface area contributed by atoms with Crippen molar-refractivity contribution in [3.05, 3.63) is 83.5 Å². The number of allylic oxidation sites excluding steroid dienone is 4. The molecule has 2 aromatic rings. The van der Waals surface area contributed by atoms with Crippen LogP contribution in [0.2, 0.25) is 0 Å². The quantitative estimate of drug-likeness (QED) is 0.523. The molecule has 1 aliphatic carbocycles. The molecular weight excluding hydrogens is 434 g/mol. The minimum absolute atomic E-state index is 0.110. The van der Waals surface area contributed by atoms with Gasteiger partial charge < -0.3 is 21.7 Å². The van der Waals surface area contributed by atoms with Gasteiger partial charge in [-0.25, -0.2) is 18.7 Å². The monoisotopic (exact) mass is 464 g/mol. The summed E-state index contributed by atoms with van der Waals surface area (Å²) in [6.45, 7) is 7.66. The summed E-state index contributed by atoms with van der Waals surface area (Å²) >= 11 is 0. The summed E-state index contributed by atoms with van der Waals surface area (Å²) in [5, 5.41) is 3.51. The van der Waals surface area contributed by atoms with Crippen molar-refractivity contribution in [2.45, 2.75) is 38.6 Å². The lowest BCUT2D eigenvalue weighted by molar-refractivity contribution is 0.264. The van der Waals surface area contributed by atoms with E-state index in [1.165, 1.54) is 18.3 Å². The fourth-order valence-electron chi connectivity index (χ4n) is 4.13. The van der Waals surface area contributed by atoms with E-state index in [4.69, 9.17) is 11.5 Å². The fourth-order valence-corrected chi connectivity index (χ4v) is 4.13. The van der Waals surface area contributed by atoms with Gasteiger partial charge in [0.05, 0.1) is 34.5 Å². The van der Waals surface area contributed by atoms with E-state index in [2.05, 4.69) is 26.8 Å². The summed E-state index contributed by atoms with van der Waals surface area (Å²) in [5.74, 6) is -1.25. The van der Waals surface area contributed by atoms with Crippen LogP contribution in [0, 0.1) is 11.6 Å². The number of rotatable bonds is 7. The topological polar surface area (TPSA) is 93.1 Å². The highest BCUT2D eigenvalue weighted by Crippen LogP contribution is 2.37. The molecule has 0 unspecified atom stereocenters. The van der Waals surface area contributed by atoms with Gasteiger partial charge in [0.1, 0.15) is 17.3 Å². The van der Waals surface area contributed by atoms with Gasteiger partial charge in [-0.1, -0.05) is 12.7 Å². The van der Waals surface area contributed by atoms with Gasteiger partial charge in [0.2, 0.25) is 0 Å². The Morgan fingerprint density at radius 3 is 2.74 bits per heavy atom. The first-order valence-electron chi connectivity index (χ1n) is 11.5. The van der Waals surface area contributed by atoms with Crippen LogP contribution in [0.15, 0.2) is 66.2 Å². The molecule has 1 aromatic carbocycles. The highest BCUT2D eigenvalue weighted by atomic mass is 19.1. The molecule has 1 aliphatic heterocycles. The Morgan fingerprint density at radius 2 is 2.09 bits per heavy atom. The van der Waals surface area contributed by atoms with Crippen molar-refractivity contribution in [2.24, 2.45) is 5.73 Å². The van der Waals surface area contributed by atoms with Gasteiger partial charge in [0.25, 0.3) is 0 Å². The Morgan fingerprint density at radius 1 is 1.29 bits per heavy atom. The van der Waals surface area contributed by atoms with E-state index in [1.54, 1.807) is 6.08 Å². The maximum atomic E-state index is 14.4. The van der Waals surface area contributed by atoms with Gasteiger partial charge in [0, 0.05) is 25.2 Å². The molecule has 0 radical (unpaired) electrons. The SMILES string of the molecule is C=C/C(NC(=C1CC1)c1nc(-c2ccc(F)cc2F)ncc1N)=C(\C=C/C)N1CCC[C@H](N)C1. The summed E-state index contributed by atoms with van der Waals surface area (Å²) < 4.78 is 27.8. The number of halogens is 2. The zero-order valence-corrected chi connectivity index (χ0v) is 19.3. The first-order valence-corrected chi connectivity index (χ1v) is 11.5. The van der Waals surface area contributed by atoms with E-state index >= 15 is 0 Å². The van der Waals surface area contributed by atoms with Crippen LogP contribution in [0.1, 0.15) is 38.3 Å². The van der Waals surface area contributed by atoms with Crippen LogP contribution in [0.25, 0.3) is 17.1 Å². The van der Waals surface area contributed by atoms with Crippen molar-refractivity contribution < 1.29 is 8.78 Å². The lowest BCUT2D eigenvalue weighted by atomic mass is 10.0. The third-order valence-electron chi connectivity index (χ3n) is 5.94. The molecule has 1 saturated carbocycles. The Labute approximate surface area is 198 Å². The van der Waals surface area contributed by atoms with Crippen molar-refractivity contribution in [3.63, 3.8) is 0 Å². The number of aromatic nitrogens is 2. The number of hydrogen-bond donors (Lipinski definition) is 3. The first-order chi connectivity index (χ1) is 16.4. The van der Waals surface area contributed by atoms with E-state index in [-0.39, 0.29) is 17.4 Å². The van der Waals surface area contributed by atoms with Crippen LogP contribution in [-0.2, 0) is 0 Å². The van der Waals surface area contributed by atoms with Crippen molar-refractivity contribution in [1.82, 2.24) is 20.2 Å². The Hall–Kier alpha value is -3.52. The van der Waals surface area contributed by atoms with E-state index in [0.29, 0.717) is 11.4 Å². The number of nitrogens with one attached hydrogen (secondary N) is 1. The zero-order valence-electron chi connectivity index (χ0n) is 19.3. The number of nitrogen functional groups attached to an aromatic ring is 1. The minimum atomic E-state index is -0.729. The predicted octanol–water partition coefficient (Wildman–Crippen LogP) is 4.50. The molecule has 8 heteroatoms. The Kier molecular flexibility index (Phi) is 7.07. The van der Waals surface area contributed by atoms with Crippen LogP contribution >= 0.6 is 0 Å². The molecule has 0 spiro atoms. The molecule has 6 nitrogen and oxygen atoms in total. The largest absolute Gasteiger partial charge is 0.396 e. The molecule has 34 heavy (non-hydrogen) atoms. The molecule has 2 fully saturated rings. The second-order valence-electron chi connectivity index (χ2n) is 8.58. The highest BCUT2D eigenvalue weighted by molar-refractivity contribution is 5.77. The standard InChI is InChI=1S/C26H30F2N6/c1-3-6-23(34-12-5-7-18(29)15-34)22(4-2)32-24(16-8-9-16)25-21(30)14-31-26(33-25)19-11-10-17(27)13-20(19)28/h3-4,6,10-11,13-14,18,32H,2,5,7-9,12,15,29-30H2,1H3/b6-3-,23-22-/t18-/m0/s1. The molecule has 0 amide bonds. The summed E-state index contributed by atoms with van der Waals surface area (Å²) in [4.78, 5) is 11.0. The molecule has 2 aliphatic rings. The van der Waals surface area contributed by atoms with Crippen LogP contribution in [0.3, 0.4) is 0 Å². The van der Waals surface area contributed by atoms with Gasteiger partial charge in [-0.05, 0) is 62.5 Å². The maximum absolute atomic E-state index is 14.4. The number of hydrogen-bond acceptors (Lipinski definition) is 6. The predicted molar refractivity (Wildman–Crippen MR) is 132 cm³/mol. The lowest BCUT2D eigenvalue weighted by Gasteiger charge is -2.34. The van der Waals surface area contributed by atoms with E-state index in [9.17, 15) is 8.78 Å². The van der Waals surface area contributed by atoms with E-state index in [0.717, 1.165) is 67.5 Å². The third kappa shape index (κ3) is 5.17. The first kappa shape index (κ1) is 23.6.